The van der Waals surface area contributed by atoms with Gasteiger partial charge in [-0.2, -0.15) is 0 Å². The maximum atomic E-state index is 12.0. The van der Waals surface area contributed by atoms with Gasteiger partial charge in [0.1, 0.15) is 6.04 Å². The molecule has 100 valence electrons. The number of carbonyl (C=O) groups excluding carboxylic acids is 1. The predicted molar refractivity (Wildman–Crippen MR) is 71.9 cm³/mol. The first-order valence-corrected chi connectivity index (χ1v) is 5.79. The van der Waals surface area contributed by atoms with Gasteiger partial charge in [-0.3, -0.25) is 14.8 Å². The molecule has 2 aromatic rings. The number of terminal acetylenes is 1. The van der Waals surface area contributed by atoms with Crippen LogP contribution in [0.1, 0.15) is 16.8 Å². The van der Waals surface area contributed by atoms with E-state index in [1.54, 1.807) is 24.4 Å². The van der Waals surface area contributed by atoms with Crippen LogP contribution in [0.25, 0.3) is 11.0 Å². The molecular weight excluding hydrogens is 258 g/mol. The highest BCUT2D eigenvalue weighted by Crippen LogP contribution is 2.11. The molecule has 1 atom stereocenters. The zero-order chi connectivity index (χ0) is 14.5. The molecule has 0 radical (unpaired) electrons. The highest BCUT2D eigenvalue weighted by Gasteiger charge is 2.19. The highest BCUT2D eigenvalue weighted by molar-refractivity contribution is 5.99. The second-order valence-electron chi connectivity index (χ2n) is 4.03. The SMILES string of the molecule is C#CCC(NC(=O)c1ccc2nccnc2c1)C(=O)O. The molecule has 2 rings (SSSR count). The van der Waals surface area contributed by atoms with Gasteiger partial charge in [0, 0.05) is 24.4 Å². The molecule has 2 N–H and O–H groups in total. The maximum absolute atomic E-state index is 12.0. The van der Waals surface area contributed by atoms with E-state index in [1.165, 1.54) is 6.20 Å². The first-order valence-electron chi connectivity index (χ1n) is 5.79. The summed E-state index contributed by atoms with van der Waals surface area (Å²) in [6.07, 6.45) is 8.07. The first kappa shape index (κ1) is 13.5. The molecule has 6 heteroatoms. The number of fused-ring (bicyclic) bond motifs is 1. The molecule has 1 aromatic heterocycles. The summed E-state index contributed by atoms with van der Waals surface area (Å²) in [4.78, 5) is 31.1. The lowest BCUT2D eigenvalue weighted by Gasteiger charge is -2.11. The van der Waals surface area contributed by atoms with Gasteiger partial charge in [0.25, 0.3) is 5.91 Å². The van der Waals surface area contributed by atoms with Gasteiger partial charge in [-0.05, 0) is 18.2 Å². The summed E-state index contributed by atoms with van der Waals surface area (Å²) in [6, 6.07) is 3.65. The molecule has 1 unspecified atom stereocenters. The van der Waals surface area contributed by atoms with Crippen LogP contribution in [0, 0.1) is 12.3 Å². The van der Waals surface area contributed by atoms with Crippen LogP contribution >= 0.6 is 0 Å². The zero-order valence-corrected chi connectivity index (χ0v) is 10.4. The van der Waals surface area contributed by atoms with Gasteiger partial charge in [0.2, 0.25) is 0 Å². The van der Waals surface area contributed by atoms with Crippen molar-refractivity contribution in [2.75, 3.05) is 0 Å². The Morgan fingerprint density at radius 2 is 2.00 bits per heavy atom. The number of amides is 1. The van der Waals surface area contributed by atoms with Crippen molar-refractivity contribution < 1.29 is 14.7 Å². The molecule has 0 saturated carbocycles. The largest absolute Gasteiger partial charge is 0.480 e. The number of aromatic nitrogens is 2. The number of carboxylic acids is 1. The normalized spacial score (nSPS) is 11.6. The third-order valence-electron chi connectivity index (χ3n) is 2.66. The topological polar surface area (TPSA) is 92.2 Å². The van der Waals surface area contributed by atoms with Gasteiger partial charge in [-0.15, -0.1) is 12.3 Å². The number of rotatable bonds is 4. The molecule has 1 heterocycles. The molecular formula is C14H11N3O3. The minimum atomic E-state index is -1.17. The van der Waals surface area contributed by atoms with E-state index in [0.29, 0.717) is 16.6 Å². The van der Waals surface area contributed by atoms with Gasteiger partial charge >= 0.3 is 5.97 Å². The molecule has 0 aliphatic heterocycles. The summed E-state index contributed by atoms with van der Waals surface area (Å²) in [6.45, 7) is 0. The molecule has 1 amide bonds. The van der Waals surface area contributed by atoms with Crippen LogP contribution in [0.2, 0.25) is 0 Å². The van der Waals surface area contributed by atoms with Crippen molar-refractivity contribution >= 4 is 22.9 Å². The standard InChI is InChI=1S/C14H11N3O3/c1-2-3-11(14(19)20)17-13(18)9-4-5-10-12(8-9)16-7-6-15-10/h1,4-8,11H,3H2,(H,17,18)(H,19,20). The Balaban J connectivity index is 2.22. The van der Waals surface area contributed by atoms with Gasteiger partial charge in [0.15, 0.2) is 0 Å². The fraction of sp³-hybridized carbons (Fsp3) is 0.143. The van der Waals surface area contributed by atoms with Crippen LogP contribution in [0.5, 0.6) is 0 Å². The monoisotopic (exact) mass is 269 g/mol. The number of nitrogens with zero attached hydrogens (tertiary/aromatic N) is 2. The molecule has 1 aromatic carbocycles. The van der Waals surface area contributed by atoms with E-state index < -0.39 is 17.9 Å². The fourth-order valence-electron chi connectivity index (χ4n) is 1.66. The van der Waals surface area contributed by atoms with E-state index in [9.17, 15) is 9.59 Å². The van der Waals surface area contributed by atoms with Crippen molar-refractivity contribution in [3.63, 3.8) is 0 Å². The van der Waals surface area contributed by atoms with Crippen LogP contribution in [0.4, 0.5) is 0 Å². The van der Waals surface area contributed by atoms with E-state index in [1.807, 2.05) is 0 Å². The summed E-state index contributed by atoms with van der Waals surface area (Å²) in [5, 5.41) is 11.3. The average Bonchev–Trinajstić information content (AvgIpc) is 2.46. The first-order chi connectivity index (χ1) is 9.61. The van der Waals surface area contributed by atoms with Crippen molar-refractivity contribution in [3.05, 3.63) is 36.2 Å². The lowest BCUT2D eigenvalue weighted by molar-refractivity contribution is -0.139. The van der Waals surface area contributed by atoms with E-state index in [2.05, 4.69) is 21.2 Å². The minimum absolute atomic E-state index is 0.0749. The average molecular weight is 269 g/mol. The predicted octanol–water partition coefficient (Wildman–Crippen LogP) is 0.836. The van der Waals surface area contributed by atoms with Crippen molar-refractivity contribution in [2.24, 2.45) is 0 Å². The molecule has 6 nitrogen and oxygen atoms in total. The molecule has 0 spiro atoms. The third-order valence-corrected chi connectivity index (χ3v) is 2.66. The smallest absolute Gasteiger partial charge is 0.327 e. The van der Waals surface area contributed by atoms with Crippen molar-refractivity contribution in [3.8, 4) is 12.3 Å². The van der Waals surface area contributed by atoms with Crippen molar-refractivity contribution in [1.29, 1.82) is 0 Å². The van der Waals surface area contributed by atoms with E-state index in [0.717, 1.165) is 0 Å². The quantitative estimate of drug-likeness (QED) is 0.802. The Hall–Kier alpha value is -2.94. The Labute approximate surface area is 114 Å². The molecule has 20 heavy (non-hydrogen) atoms. The molecule has 0 aliphatic rings. The van der Waals surface area contributed by atoms with Crippen molar-refractivity contribution in [2.45, 2.75) is 12.5 Å². The number of carbonyl (C=O) groups is 2. The summed E-state index contributed by atoms with van der Waals surface area (Å²) >= 11 is 0. The number of hydrogen-bond donors (Lipinski definition) is 2. The van der Waals surface area contributed by atoms with Gasteiger partial charge in [-0.1, -0.05) is 0 Å². The van der Waals surface area contributed by atoms with Gasteiger partial charge in [-0.25, -0.2) is 4.79 Å². The van der Waals surface area contributed by atoms with Crippen LogP contribution < -0.4 is 5.32 Å². The van der Waals surface area contributed by atoms with Crippen LogP contribution in [0.3, 0.4) is 0 Å². The van der Waals surface area contributed by atoms with Crippen molar-refractivity contribution in [1.82, 2.24) is 15.3 Å². The maximum Gasteiger partial charge on any atom is 0.327 e. The summed E-state index contributed by atoms with van der Waals surface area (Å²) in [7, 11) is 0. The zero-order valence-electron chi connectivity index (χ0n) is 10.4. The van der Waals surface area contributed by atoms with Crippen LogP contribution in [-0.4, -0.2) is 33.0 Å². The Morgan fingerprint density at radius 1 is 1.30 bits per heavy atom. The van der Waals surface area contributed by atoms with E-state index >= 15 is 0 Å². The lowest BCUT2D eigenvalue weighted by atomic mass is 10.1. The van der Waals surface area contributed by atoms with E-state index in [-0.39, 0.29) is 6.42 Å². The second kappa shape index (κ2) is 5.80. The van der Waals surface area contributed by atoms with Gasteiger partial charge < -0.3 is 10.4 Å². The summed E-state index contributed by atoms with van der Waals surface area (Å²) < 4.78 is 0. The lowest BCUT2D eigenvalue weighted by Crippen LogP contribution is -2.40. The Morgan fingerprint density at radius 3 is 2.65 bits per heavy atom. The molecule has 0 bridgehead atoms. The number of aliphatic carboxylic acids is 1. The highest BCUT2D eigenvalue weighted by atomic mass is 16.4. The number of benzene rings is 1. The minimum Gasteiger partial charge on any atom is -0.480 e. The molecule has 0 saturated heterocycles. The fourth-order valence-corrected chi connectivity index (χ4v) is 1.66. The van der Waals surface area contributed by atoms with Gasteiger partial charge in [0.05, 0.1) is 11.0 Å². The molecule has 0 aliphatic carbocycles. The van der Waals surface area contributed by atoms with Crippen LogP contribution in [-0.2, 0) is 4.79 Å². The molecule has 0 fully saturated rings. The third kappa shape index (κ3) is 2.90. The number of hydrogen-bond acceptors (Lipinski definition) is 4. The summed E-state index contributed by atoms with van der Waals surface area (Å²) in [5.74, 6) is 0.534. The van der Waals surface area contributed by atoms with Crippen LogP contribution in [0.15, 0.2) is 30.6 Å². The Bertz CT molecular complexity index is 706. The number of nitrogens with one attached hydrogen (secondary N) is 1. The second-order valence-corrected chi connectivity index (χ2v) is 4.03. The summed E-state index contributed by atoms with van der Waals surface area (Å²) in [5.41, 5.74) is 1.52. The Kier molecular flexibility index (Phi) is 3.91. The number of carboxylic acid groups (broad SMARTS) is 1. The van der Waals surface area contributed by atoms with E-state index in [4.69, 9.17) is 11.5 Å².